The maximum Gasteiger partial charge on any atom is 0.241 e. The fourth-order valence-electron chi connectivity index (χ4n) is 3.64. The zero-order valence-electron chi connectivity index (χ0n) is 17.2. The lowest BCUT2D eigenvalue weighted by Crippen LogP contribution is -2.43. The third-order valence-corrected chi connectivity index (χ3v) is 6.48. The highest BCUT2D eigenvalue weighted by Gasteiger charge is 2.26. The van der Waals surface area contributed by atoms with Gasteiger partial charge in [0.2, 0.25) is 17.6 Å². The van der Waals surface area contributed by atoms with Gasteiger partial charge in [-0.2, -0.15) is 4.98 Å². The predicted octanol–water partition coefficient (Wildman–Crippen LogP) is 4.51. The number of carbonyl (C=O) groups is 1. The molecule has 2 heterocycles. The number of amides is 1. The number of nitrogens with zero attached hydrogens (tertiary/aromatic N) is 3. The van der Waals surface area contributed by atoms with Gasteiger partial charge in [-0.05, 0) is 55.8 Å². The SMILES string of the molecule is O=C(NCCSc1ccccc1)C1CCCN(Cc2nc(-c3ccc(Cl)cc3)no2)C1. The van der Waals surface area contributed by atoms with Crippen LogP contribution >= 0.6 is 23.4 Å². The lowest BCUT2D eigenvalue weighted by Gasteiger charge is -2.30. The van der Waals surface area contributed by atoms with E-state index in [-0.39, 0.29) is 11.8 Å². The topological polar surface area (TPSA) is 71.3 Å². The highest BCUT2D eigenvalue weighted by molar-refractivity contribution is 7.99. The van der Waals surface area contributed by atoms with E-state index in [0.29, 0.717) is 36.4 Å². The number of piperidine rings is 1. The molecule has 1 unspecified atom stereocenters. The van der Waals surface area contributed by atoms with Crippen molar-refractivity contribution in [3.63, 3.8) is 0 Å². The van der Waals surface area contributed by atoms with E-state index in [4.69, 9.17) is 16.1 Å². The van der Waals surface area contributed by atoms with E-state index in [0.717, 1.165) is 30.7 Å². The van der Waals surface area contributed by atoms with E-state index in [2.05, 4.69) is 32.5 Å². The number of thioether (sulfide) groups is 1. The first-order chi connectivity index (χ1) is 15.2. The molecule has 1 amide bonds. The number of nitrogens with one attached hydrogen (secondary N) is 1. The summed E-state index contributed by atoms with van der Waals surface area (Å²) in [7, 11) is 0. The van der Waals surface area contributed by atoms with E-state index >= 15 is 0 Å². The van der Waals surface area contributed by atoms with Crippen LogP contribution in [0, 0.1) is 5.92 Å². The predicted molar refractivity (Wildman–Crippen MR) is 123 cm³/mol. The van der Waals surface area contributed by atoms with Crippen LogP contribution in [0.4, 0.5) is 0 Å². The van der Waals surface area contributed by atoms with Crippen molar-refractivity contribution in [2.75, 3.05) is 25.4 Å². The maximum absolute atomic E-state index is 12.6. The summed E-state index contributed by atoms with van der Waals surface area (Å²) in [5.74, 6) is 2.10. The number of benzene rings is 2. The molecule has 6 nitrogen and oxygen atoms in total. The molecule has 4 rings (SSSR count). The van der Waals surface area contributed by atoms with Crippen molar-refractivity contribution in [2.45, 2.75) is 24.3 Å². The Balaban J connectivity index is 1.24. The minimum Gasteiger partial charge on any atom is -0.355 e. The van der Waals surface area contributed by atoms with Gasteiger partial charge in [0.1, 0.15) is 0 Å². The number of aromatic nitrogens is 2. The van der Waals surface area contributed by atoms with E-state index in [9.17, 15) is 4.79 Å². The number of rotatable bonds is 8. The molecule has 1 N–H and O–H groups in total. The van der Waals surface area contributed by atoms with Crippen molar-refractivity contribution in [3.05, 3.63) is 65.5 Å². The zero-order chi connectivity index (χ0) is 21.5. The van der Waals surface area contributed by atoms with Gasteiger partial charge in [-0.1, -0.05) is 35.0 Å². The van der Waals surface area contributed by atoms with E-state index in [1.54, 1.807) is 23.9 Å². The summed E-state index contributed by atoms with van der Waals surface area (Å²) in [6.45, 7) is 2.85. The van der Waals surface area contributed by atoms with Crippen molar-refractivity contribution < 1.29 is 9.32 Å². The summed E-state index contributed by atoms with van der Waals surface area (Å²) in [6.07, 6.45) is 1.89. The van der Waals surface area contributed by atoms with Gasteiger partial charge in [0.05, 0.1) is 12.5 Å². The Morgan fingerprint density at radius 1 is 1.19 bits per heavy atom. The summed E-state index contributed by atoms with van der Waals surface area (Å²) in [6, 6.07) is 17.6. The molecule has 1 saturated heterocycles. The van der Waals surface area contributed by atoms with Crippen molar-refractivity contribution in [3.8, 4) is 11.4 Å². The third-order valence-electron chi connectivity index (χ3n) is 5.22. The van der Waals surface area contributed by atoms with Crippen LogP contribution < -0.4 is 5.32 Å². The molecular weight excluding hydrogens is 432 g/mol. The second kappa shape index (κ2) is 10.8. The standard InChI is InChI=1S/C23H25ClN4O2S/c24-19-10-8-17(9-11-19)22-26-21(30-27-22)16-28-13-4-5-18(15-28)23(29)25-12-14-31-20-6-2-1-3-7-20/h1-3,6-11,18H,4-5,12-16H2,(H,25,29). The lowest BCUT2D eigenvalue weighted by molar-refractivity contribution is -0.126. The van der Waals surface area contributed by atoms with Crippen molar-refractivity contribution in [1.29, 1.82) is 0 Å². The van der Waals surface area contributed by atoms with Crippen LogP contribution in [0.2, 0.25) is 5.02 Å². The van der Waals surface area contributed by atoms with Gasteiger partial charge < -0.3 is 9.84 Å². The van der Waals surface area contributed by atoms with Gasteiger partial charge in [-0.3, -0.25) is 9.69 Å². The molecule has 0 spiro atoms. The molecule has 1 atom stereocenters. The lowest BCUT2D eigenvalue weighted by atomic mass is 9.97. The molecule has 1 aromatic heterocycles. The Morgan fingerprint density at radius 2 is 2.00 bits per heavy atom. The van der Waals surface area contributed by atoms with Crippen LogP contribution in [0.5, 0.6) is 0 Å². The first-order valence-corrected chi connectivity index (χ1v) is 11.8. The molecule has 0 saturated carbocycles. The van der Waals surface area contributed by atoms with Crippen LogP contribution in [-0.4, -0.2) is 46.3 Å². The van der Waals surface area contributed by atoms with Crippen LogP contribution in [0.3, 0.4) is 0 Å². The first kappa shape index (κ1) is 21.9. The largest absolute Gasteiger partial charge is 0.355 e. The van der Waals surface area contributed by atoms with Crippen LogP contribution in [-0.2, 0) is 11.3 Å². The first-order valence-electron chi connectivity index (χ1n) is 10.4. The molecule has 0 aliphatic carbocycles. The maximum atomic E-state index is 12.6. The van der Waals surface area contributed by atoms with Gasteiger partial charge in [0.15, 0.2) is 0 Å². The number of hydrogen-bond donors (Lipinski definition) is 1. The van der Waals surface area contributed by atoms with Gasteiger partial charge in [-0.15, -0.1) is 11.8 Å². The average molecular weight is 457 g/mol. The van der Waals surface area contributed by atoms with Crippen LogP contribution in [0.25, 0.3) is 11.4 Å². The minimum absolute atomic E-state index is 0.00543. The Kier molecular flexibility index (Phi) is 7.61. The molecule has 1 aliphatic heterocycles. The summed E-state index contributed by atoms with van der Waals surface area (Å²) < 4.78 is 5.43. The van der Waals surface area contributed by atoms with Crippen molar-refractivity contribution in [2.24, 2.45) is 5.92 Å². The molecule has 31 heavy (non-hydrogen) atoms. The number of likely N-dealkylation sites (tertiary alicyclic amines) is 1. The van der Waals surface area contributed by atoms with Gasteiger partial charge in [0.25, 0.3) is 0 Å². The highest BCUT2D eigenvalue weighted by Crippen LogP contribution is 2.22. The number of carbonyl (C=O) groups excluding carboxylic acids is 1. The van der Waals surface area contributed by atoms with E-state index in [1.807, 2.05) is 30.3 Å². The molecule has 8 heteroatoms. The monoisotopic (exact) mass is 456 g/mol. The molecule has 0 bridgehead atoms. The Labute approximate surface area is 191 Å². The summed E-state index contributed by atoms with van der Waals surface area (Å²) >= 11 is 7.69. The number of hydrogen-bond acceptors (Lipinski definition) is 6. The highest BCUT2D eigenvalue weighted by atomic mass is 35.5. The molecule has 3 aromatic rings. The second-order valence-electron chi connectivity index (χ2n) is 7.55. The van der Waals surface area contributed by atoms with Crippen molar-refractivity contribution >= 4 is 29.3 Å². The van der Waals surface area contributed by atoms with Gasteiger partial charge >= 0.3 is 0 Å². The van der Waals surface area contributed by atoms with Crippen molar-refractivity contribution in [1.82, 2.24) is 20.4 Å². The van der Waals surface area contributed by atoms with Gasteiger partial charge in [-0.25, -0.2) is 0 Å². The fourth-order valence-corrected chi connectivity index (χ4v) is 4.56. The molecular formula is C23H25ClN4O2S. The summed E-state index contributed by atoms with van der Waals surface area (Å²) in [5.41, 5.74) is 0.865. The van der Waals surface area contributed by atoms with E-state index in [1.165, 1.54) is 4.90 Å². The van der Waals surface area contributed by atoms with Gasteiger partial charge in [0, 0.05) is 34.3 Å². The summed E-state index contributed by atoms with van der Waals surface area (Å²) in [5, 5.41) is 7.83. The Bertz CT molecular complexity index is 981. The van der Waals surface area contributed by atoms with E-state index < -0.39 is 0 Å². The zero-order valence-corrected chi connectivity index (χ0v) is 18.7. The second-order valence-corrected chi connectivity index (χ2v) is 9.15. The molecule has 162 valence electrons. The average Bonchev–Trinajstić information content (AvgIpc) is 3.26. The normalized spacial score (nSPS) is 16.9. The van der Waals surface area contributed by atoms with Crippen LogP contribution in [0.1, 0.15) is 18.7 Å². The fraction of sp³-hybridized carbons (Fsp3) is 0.348. The molecule has 0 radical (unpaired) electrons. The molecule has 1 aliphatic rings. The quantitative estimate of drug-likeness (QED) is 0.397. The minimum atomic E-state index is -0.00543. The molecule has 2 aromatic carbocycles. The summed E-state index contributed by atoms with van der Waals surface area (Å²) in [4.78, 5) is 20.5. The third kappa shape index (κ3) is 6.32. The number of halogens is 1. The Hall–Kier alpha value is -2.35. The smallest absolute Gasteiger partial charge is 0.241 e. The van der Waals surface area contributed by atoms with Crippen LogP contribution in [0.15, 0.2) is 64.0 Å². The Morgan fingerprint density at radius 3 is 2.81 bits per heavy atom. The molecule has 1 fully saturated rings.